The number of carbonyl (C=O) groups is 1. The number of aryl methyl sites for hydroxylation is 1. The minimum absolute atomic E-state index is 0.128. The molecule has 6 heteroatoms. The molecule has 0 atom stereocenters. The molecule has 0 unspecified atom stereocenters. The van der Waals surface area contributed by atoms with Gasteiger partial charge < -0.3 is 10.3 Å². The van der Waals surface area contributed by atoms with Crippen molar-refractivity contribution in [2.45, 2.75) is 6.42 Å². The summed E-state index contributed by atoms with van der Waals surface area (Å²) in [6.07, 6.45) is 7.23. The Kier molecular flexibility index (Phi) is 3.57. The Morgan fingerprint density at radius 2 is 2.39 bits per heavy atom. The van der Waals surface area contributed by atoms with Crippen molar-refractivity contribution in [3.63, 3.8) is 0 Å². The van der Waals surface area contributed by atoms with Crippen LogP contribution < -0.4 is 10.7 Å². The van der Waals surface area contributed by atoms with E-state index in [1.54, 1.807) is 10.9 Å². The van der Waals surface area contributed by atoms with Gasteiger partial charge >= 0.3 is 0 Å². The average Bonchev–Trinajstić information content (AvgIpc) is 2.75. The molecule has 18 heavy (non-hydrogen) atoms. The summed E-state index contributed by atoms with van der Waals surface area (Å²) in [5.41, 5.74) is 0.885. The Morgan fingerprint density at radius 1 is 1.56 bits per heavy atom. The van der Waals surface area contributed by atoms with Gasteiger partial charge in [-0.05, 0) is 12.0 Å². The Morgan fingerprint density at radius 3 is 3.06 bits per heavy atom. The summed E-state index contributed by atoms with van der Waals surface area (Å²) in [5.74, 6) is -0.360. The number of nitrogens with one attached hydrogen (secondary N) is 2. The van der Waals surface area contributed by atoms with Crippen LogP contribution in [-0.4, -0.2) is 27.2 Å². The molecule has 0 spiro atoms. The van der Waals surface area contributed by atoms with Gasteiger partial charge in [-0.2, -0.15) is 5.10 Å². The molecule has 0 aliphatic heterocycles. The molecule has 0 bridgehead atoms. The standard InChI is InChI=1S/C12H14N4O2/c1-16-8-9(6-15-16)2-5-14-12(18)10-7-13-4-3-11(10)17/h3-4,6-8H,2,5H2,1H3,(H,13,17)(H,14,18). The first-order valence-electron chi connectivity index (χ1n) is 5.59. The SMILES string of the molecule is Cn1cc(CCNC(=O)c2c[nH]ccc2=O)cn1. The molecule has 0 aliphatic carbocycles. The second kappa shape index (κ2) is 5.31. The third-order valence-electron chi connectivity index (χ3n) is 2.53. The number of rotatable bonds is 4. The van der Waals surface area contributed by atoms with Gasteiger partial charge in [0.2, 0.25) is 0 Å². The molecule has 0 aliphatic rings. The maximum atomic E-state index is 11.7. The summed E-state index contributed by atoms with van der Waals surface area (Å²) < 4.78 is 1.71. The number of aromatic amines is 1. The van der Waals surface area contributed by atoms with Crippen molar-refractivity contribution in [2.24, 2.45) is 7.05 Å². The Hall–Kier alpha value is -2.37. The van der Waals surface area contributed by atoms with Gasteiger partial charge in [-0.15, -0.1) is 0 Å². The van der Waals surface area contributed by atoms with Crippen molar-refractivity contribution in [1.29, 1.82) is 0 Å². The Labute approximate surface area is 104 Å². The van der Waals surface area contributed by atoms with Crippen LogP contribution >= 0.6 is 0 Å². The molecule has 0 radical (unpaired) electrons. The molecule has 2 heterocycles. The van der Waals surface area contributed by atoms with Gasteiger partial charge in [-0.3, -0.25) is 14.3 Å². The minimum Gasteiger partial charge on any atom is -0.367 e. The van der Waals surface area contributed by atoms with Crippen LogP contribution in [0.15, 0.2) is 35.6 Å². The van der Waals surface area contributed by atoms with E-state index in [1.807, 2.05) is 13.2 Å². The third-order valence-corrected chi connectivity index (χ3v) is 2.53. The quantitative estimate of drug-likeness (QED) is 0.801. The number of pyridine rings is 1. The lowest BCUT2D eigenvalue weighted by Gasteiger charge is -2.03. The monoisotopic (exact) mass is 246 g/mol. The fraction of sp³-hybridized carbons (Fsp3) is 0.250. The molecule has 0 saturated heterocycles. The highest BCUT2D eigenvalue weighted by Crippen LogP contribution is 1.96. The predicted molar refractivity (Wildman–Crippen MR) is 66.3 cm³/mol. The lowest BCUT2D eigenvalue weighted by atomic mass is 10.2. The summed E-state index contributed by atoms with van der Waals surface area (Å²) in [6.45, 7) is 0.471. The first-order valence-corrected chi connectivity index (χ1v) is 5.59. The molecular weight excluding hydrogens is 232 g/mol. The van der Waals surface area contributed by atoms with Crippen LogP contribution in [0.5, 0.6) is 0 Å². The molecule has 6 nitrogen and oxygen atoms in total. The van der Waals surface area contributed by atoms with Gasteiger partial charge in [0, 0.05) is 38.2 Å². The first kappa shape index (κ1) is 12.1. The maximum absolute atomic E-state index is 11.7. The lowest BCUT2D eigenvalue weighted by Crippen LogP contribution is -2.29. The van der Waals surface area contributed by atoms with Crippen LogP contribution in [0.25, 0.3) is 0 Å². The molecule has 0 saturated carbocycles. The van der Waals surface area contributed by atoms with Crippen molar-refractivity contribution in [1.82, 2.24) is 20.1 Å². The average molecular weight is 246 g/mol. The molecule has 2 aromatic heterocycles. The minimum atomic E-state index is -0.360. The van der Waals surface area contributed by atoms with Crippen molar-refractivity contribution in [3.05, 3.63) is 52.2 Å². The summed E-state index contributed by atoms with van der Waals surface area (Å²) in [5, 5.41) is 6.74. The van der Waals surface area contributed by atoms with Crippen LogP contribution in [0, 0.1) is 0 Å². The fourth-order valence-electron chi connectivity index (χ4n) is 1.61. The molecule has 2 aromatic rings. The number of carbonyl (C=O) groups excluding carboxylic acids is 1. The van der Waals surface area contributed by atoms with Crippen molar-refractivity contribution >= 4 is 5.91 Å². The molecule has 0 fully saturated rings. The number of H-pyrrole nitrogens is 1. The van der Waals surface area contributed by atoms with E-state index < -0.39 is 0 Å². The van der Waals surface area contributed by atoms with Crippen molar-refractivity contribution in [3.8, 4) is 0 Å². The van der Waals surface area contributed by atoms with E-state index in [4.69, 9.17) is 0 Å². The Balaban J connectivity index is 1.89. The number of hydrogen-bond acceptors (Lipinski definition) is 3. The smallest absolute Gasteiger partial charge is 0.256 e. The maximum Gasteiger partial charge on any atom is 0.256 e. The van der Waals surface area contributed by atoms with E-state index in [2.05, 4.69) is 15.4 Å². The van der Waals surface area contributed by atoms with Crippen LogP contribution in [0.3, 0.4) is 0 Å². The summed E-state index contributed by atoms with van der Waals surface area (Å²) in [4.78, 5) is 25.8. The zero-order chi connectivity index (χ0) is 13.0. The zero-order valence-corrected chi connectivity index (χ0v) is 10.0. The molecule has 2 rings (SSSR count). The molecule has 94 valence electrons. The van der Waals surface area contributed by atoms with Gasteiger partial charge in [0.1, 0.15) is 5.56 Å². The van der Waals surface area contributed by atoms with E-state index in [0.29, 0.717) is 13.0 Å². The van der Waals surface area contributed by atoms with Gasteiger partial charge in [0.25, 0.3) is 5.91 Å². The largest absolute Gasteiger partial charge is 0.367 e. The molecule has 2 N–H and O–H groups in total. The van der Waals surface area contributed by atoms with Gasteiger partial charge in [0.15, 0.2) is 5.43 Å². The zero-order valence-electron chi connectivity index (χ0n) is 10.0. The van der Waals surface area contributed by atoms with Crippen molar-refractivity contribution in [2.75, 3.05) is 6.54 Å². The Bertz CT molecular complexity index is 600. The van der Waals surface area contributed by atoms with Gasteiger partial charge in [-0.25, -0.2) is 0 Å². The summed E-state index contributed by atoms with van der Waals surface area (Å²) >= 11 is 0. The van der Waals surface area contributed by atoms with Crippen LogP contribution in [0.2, 0.25) is 0 Å². The molecule has 0 aromatic carbocycles. The van der Waals surface area contributed by atoms with Crippen LogP contribution in [0.1, 0.15) is 15.9 Å². The van der Waals surface area contributed by atoms with Crippen molar-refractivity contribution < 1.29 is 4.79 Å². The van der Waals surface area contributed by atoms with Gasteiger partial charge in [-0.1, -0.05) is 0 Å². The van der Waals surface area contributed by atoms with E-state index in [1.165, 1.54) is 18.5 Å². The van der Waals surface area contributed by atoms with Crippen LogP contribution in [-0.2, 0) is 13.5 Å². The summed E-state index contributed by atoms with van der Waals surface area (Å²) in [6, 6.07) is 1.33. The fourth-order valence-corrected chi connectivity index (χ4v) is 1.61. The first-order chi connectivity index (χ1) is 8.66. The van der Waals surface area contributed by atoms with E-state index in [0.717, 1.165) is 5.56 Å². The predicted octanol–water partition coefficient (Wildman–Crippen LogP) is 0.0809. The number of nitrogens with zero attached hydrogens (tertiary/aromatic N) is 2. The molecular formula is C12H14N4O2. The highest BCUT2D eigenvalue weighted by molar-refractivity contribution is 5.93. The topological polar surface area (TPSA) is 79.8 Å². The number of amides is 1. The second-order valence-electron chi connectivity index (χ2n) is 3.95. The number of aromatic nitrogens is 3. The third kappa shape index (κ3) is 2.85. The van der Waals surface area contributed by atoms with E-state index in [-0.39, 0.29) is 16.9 Å². The van der Waals surface area contributed by atoms with E-state index in [9.17, 15) is 9.59 Å². The highest BCUT2D eigenvalue weighted by atomic mass is 16.2. The van der Waals surface area contributed by atoms with Crippen LogP contribution in [0.4, 0.5) is 0 Å². The second-order valence-corrected chi connectivity index (χ2v) is 3.95. The summed E-state index contributed by atoms with van der Waals surface area (Å²) in [7, 11) is 1.84. The van der Waals surface area contributed by atoms with E-state index >= 15 is 0 Å². The highest BCUT2D eigenvalue weighted by Gasteiger charge is 2.08. The number of hydrogen-bond donors (Lipinski definition) is 2. The molecule has 1 amide bonds. The lowest BCUT2D eigenvalue weighted by molar-refractivity contribution is 0.0952. The van der Waals surface area contributed by atoms with Gasteiger partial charge in [0.05, 0.1) is 6.20 Å². The normalized spacial score (nSPS) is 10.3.